The third-order valence-corrected chi connectivity index (χ3v) is 3.62. The summed E-state index contributed by atoms with van der Waals surface area (Å²) in [6, 6.07) is 11.5. The summed E-state index contributed by atoms with van der Waals surface area (Å²) in [5, 5.41) is 11.1. The highest BCUT2D eigenvalue weighted by molar-refractivity contribution is 5.48. The Balaban J connectivity index is 1.92. The van der Waals surface area contributed by atoms with Gasteiger partial charge >= 0.3 is 5.69 Å². The van der Waals surface area contributed by atoms with Gasteiger partial charge in [0.05, 0.1) is 10.6 Å². The number of pyridine rings is 1. The largest absolute Gasteiger partial charge is 0.480 e. The number of nitro groups is 1. The van der Waals surface area contributed by atoms with Crippen molar-refractivity contribution in [3.63, 3.8) is 0 Å². The van der Waals surface area contributed by atoms with Crippen molar-refractivity contribution in [2.24, 2.45) is 0 Å². The molecule has 24 heavy (non-hydrogen) atoms. The van der Waals surface area contributed by atoms with E-state index in [9.17, 15) is 14.9 Å². The van der Waals surface area contributed by atoms with Gasteiger partial charge in [0.1, 0.15) is 12.3 Å². The minimum absolute atomic E-state index is 0.0242. The van der Waals surface area contributed by atoms with E-state index in [0.717, 1.165) is 11.3 Å². The number of nitrogens with zero attached hydrogens (tertiary/aromatic N) is 3. The first-order chi connectivity index (χ1) is 11.5. The van der Waals surface area contributed by atoms with E-state index in [4.69, 9.17) is 4.74 Å². The number of hydrogen-bond acceptors (Lipinski definition) is 5. The quantitative estimate of drug-likeness (QED) is 0.544. The Hall–Kier alpha value is -3.22. The zero-order chi connectivity index (χ0) is 17.3. The second kappa shape index (κ2) is 6.11. The number of aromatic nitrogens is 2. The van der Waals surface area contributed by atoms with Gasteiger partial charge in [0.2, 0.25) is 0 Å². The number of rotatable bonds is 4. The third-order valence-electron chi connectivity index (χ3n) is 3.62. The summed E-state index contributed by atoms with van der Waals surface area (Å²) < 4.78 is 7.02. The number of benzene rings is 1. The molecule has 0 fully saturated rings. The van der Waals surface area contributed by atoms with Gasteiger partial charge in [-0.3, -0.25) is 19.3 Å². The number of fused-ring (bicyclic) bond motifs is 1. The van der Waals surface area contributed by atoms with Crippen LogP contribution in [0.15, 0.2) is 47.3 Å². The van der Waals surface area contributed by atoms with Gasteiger partial charge in [-0.05, 0) is 37.6 Å². The van der Waals surface area contributed by atoms with E-state index in [0.29, 0.717) is 11.3 Å². The van der Waals surface area contributed by atoms with Crippen molar-refractivity contribution in [1.82, 2.24) is 9.38 Å². The molecule has 0 aliphatic carbocycles. The Morgan fingerprint density at radius 1 is 1.21 bits per heavy atom. The lowest BCUT2D eigenvalue weighted by atomic mass is 10.2. The second-order valence-corrected chi connectivity index (χ2v) is 5.46. The maximum absolute atomic E-state index is 12.2. The molecule has 0 radical (unpaired) electrons. The summed E-state index contributed by atoms with van der Waals surface area (Å²) in [4.78, 5) is 27.2. The molecule has 0 spiro atoms. The molecule has 0 atom stereocenters. The molecule has 0 aliphatic heterocycles. The van der Waals surface area contributed by atoms with Crippen LogP contribution in [0.3, 0.4) is 0 Å². The fourth-order valence-corrected chi connectivity index (χ4v) is 2.48. The summed E-state index contributed by atoms with van der Waals surface area (Å²) in [7, 11) is 0. The molecule has 0 saturated carbocycles. The van der Waals surface area contributed by atoms with E-state index >= 15 is 0 Å². The van der Waals surface area contributed by atoms with Crippen LogP contribution < -0.4 is 10.3 Å². The highest BCUT2D eigenvalue weighted by Gasteiger charge is 2.15. The van der Waals surface area contributed by atoms with Crippen molar-refractivity contribution in [3.8, 4) is 5.75 Å². The molecule has 3 rings (SSSR count). The molecule has 2 aromatic heterocycles. The Morgan fingerprint density at radius 3 is 2.75 bits per heavy atom. The van der Waals surface area contributed by atoms with Crippen LogP contribution >= 0.6 is 0 Å². The highest BCUT2D eigenvalue weighted by Crippen LogP contribution is 2.28. The lowest BCUT2D eigenvalue weighted by Crippen LogP contribution is -2.18. The first-order valence-electron chi connectivity index (χ1n) is 7.32. The number of aryl methyl sites for hydroxylation is 2. The van der Waals surface area contributed by atoms with E-state index in [2.05, 4.69) is 4.98 Å². The SMILES string of the molecule is Cc1ccc(OCc2cc(=O)n3c(C)cccc3n2)c([N+](=O)[O-])c1. The molecule has 0 bridgehead atoms. The molecule has 122 valence electrons. The maximum atomic E-state index is 12.2. The second-order valence-electron chi connectivity index (χ2n) is 5.46. The van der Waals surface area contributed by atoms with E-state index < -0.39 is 4.92 Å². The Labute approximate surface area is 137 Å². The van der Waals surface area contributed by atoms with Gasteiger partial charge in [0, 0.05) is 17.8 Å². The van der Waals surface area contributed by atoms with Gasteiger partial charge in [-0.1, -0.05) is 12.1 Å². The molecule has 0 N–H and O–H groups in total. The Kier molecular flexibility index (Phi) is 3.99. The first-order valence-corrected chi connectivity index (χ1v) is 7.32. The molecule has 7 nitrogen and oxygen atoms in total. The summed E-state index contributed by atoms with van der Waals surface area (Å²) in [5.74, 6) is 0.150. The lowest BCUT2D eigenvalue weighted by Gasteiger charge is -2.09. The maximum Gasteiger partial charge on any atom is 0.311 e. The van der Waals surface area contributed by atoms with Crippen molar-refractivity contribution in [2.75, 3.05) is 0 Å². The fourth-order valence-electron chi connectivity index (χ4n) is 2.48. The summed E-state index contributed by atoms with van der Waals surface area (Å²) in [6.07, 6.45) is 0. The van der Waals surface area contributed by atoms with E-state index in [-0.39, 0.29) is 23.6 Å². The molecular formula is C17H15N3O4. The monoisotopic (exact) mass is 325 g/mol. The molecule has 2 heterocycles. The average Bonchev–Trinajstić information content (AvgIpc) is 2.53. The zero-order valence-electron chi connectivity index (χ0n) is 13.2. The normalized spacial score (nSPS) is 10.8. The van der Waals surface area contributed by atoms with Gasteiger partial charge in [-0.25, -0.2) is 4.98 Å². The van der Waals surface area contributed by atoms with Crippen LogP contribution in [-0.4, -0.2) is 14.3 Å². The molecular weight excluding hydrogens is 310 g/mol. The predicted molar refractivity (Wildman–Crippen MR) is 88.4 cm³/mol. The van der Waals surface area contributed by atoms with Crippen molar-refractivity contribution in [1.29, 1.82) is 0 Å². The molecule has 0 aliphatic rings. The van der Waals surface area contributed by atoms with Crippen molar-refractivity contribution in [2.45, 2.75) is 20.5 Å². The van der Waals surface area contributed by atoms with Gasteiger partial charge in [-0.2, -0.15) is 0 Å². The van der Waals surface area contributed by atoms with Crippen molar-refractivity contribution >= 4 is 11.3 Å². The summed E-state index contributed by atoms with van der Waals surface area (Å²) in [5.41, 5.74) is 2.16. The summed E-state index contributed by atoms with van der Waals surface area (Å²) >= 11 is 0. The van der Waals surface area contributed by atoms with Gasteiger partial charge in [0.15, 0.2) is 5.75 Å². The predicted octanol–water partition coefficient (Wildman–Crippen LogP) is 2.80. The number of ether oxygens (including phenoxy) is 1. The molecule has 0 unspecified atom stereocenters. The fraction of sp³-hybridized carbons (Fsp3) is 0.176. The first kappa shape index (κ1) is 15.7. The van der Waals surface area contributed by atoms with Crippen LogP contribution in [0.5, 0.6) is 5.75 Å². The molecule has 0 saturated heterocycles. The lowest BCUT2D eigenvalue weighted by molar-refractivity contribution is -0.386. The standard InChI is InChI=1S/C17H15N3O4/c1-11-6-7-15(14(8-11)20(22)23)24-10-13-9-17(21)19-12(2)4-3-5-16(19)18-13/h3-9H,10H2,1-2H3. The average molecular weight is 325 g/mol. The molecule has 0 amide bonds. The van der Waals surface area contributed by atoms with Crippen LogP contribution in [0, 0.1) is 24.0 Å². The van der Waals surface area contributed by atoms with Crippen LogP contribution in [-0.2, 0) is 6.61 Å². The van der Waals surface area contributed by atoms with E-state index in [1.54, 1.807) is 25.1 Å². The minimum atomic E-state index is -0.492. The van der Waals surface area contributed by atoms with Crippen LogP contribution in [0.2, 0.25) is 0 Å². The van der Waals surface area contributed by atoms with E-state index in [1.807, 2.05) is 19.1 Å². The van der Waals surface area contributed by atoms with Gasteiger partial charge in [0.25, 0.3) is 5.56 Å². The molecule has 3 aromatic rings. The Bertz CT molecular complexity index is 995. The zero-order valence-corrected chi connectivity index (χ0v) is 13.2. The number of hydrogen-bond donors (Lipinski definition) is 0. The van der Waals surface area contributed by atoms with Crippen LogP contribution in [0.4, 0.5) is 5.69 Å². The minimum Gasteiger partial charge on any atom is -0.480 e. The smallest absolute Gasteiger partial charge is 0.311 e. The van der Waals surface area contributed by atoms with Gasteiger partial charge < -0.3 is 4.74 Å². The van der Waals surface area contributed by atoms with Crippen LogP contribution in [0.25, 0.3) is 5.65 Å². The molecule has 1 aromatic carbocycles. The van der Waals surface area contributed by atoms with Gasteiger partial charge in [-0.15, -0.1) is 0 Å². The number of nitro benzene ring substituents is 1. The third kappa shape index (κ3) is 2.96. The van der Waals surface area contributed by atoms with Crippen molar-refractivity contribution in [3.05, 3.63) is 79.9 Å². The summed E-state index contributed by atoms with van der Waals surface area (Å²) in [6.45, 7) is 3.57. The molecule has 7 heteroatoms. The topological polar surface area (TPSA) is 86.7 Å². The van der Waals surface area contributed by atoms with Crippen LogP contribution in [0.1, 0.15) is 17.0 Å². The van der Waals surface area contributed by atoms with Crippen molar-refractivity contribution < 1.29 is 9.66 Å². The highest BCUT2D eigenvalue weighted by atomic mass is 16.6. The van der Waals surface area contributed by atoms with E-state index in [1.165, 1.54) is 16.5 Å². The Morgan fingerprint density at radius 2 is 2.00 bits per heavy atom.